The van der Waals surface area contributed by atoms with Crippen LogP contribution in [0, 0.1) is 5.92 Å². The molecule has 0 spiro atoms. The van der Waals surface area contributed by atoms with Crippen LogP contribution in [0.4, 0.5) is 0 Å². The summed E-state index contributed by atoms with van der Waals surface area (Å²) in [6, 6.07) is 13.5. The second kappa shape index (κ2) is 5.66. The van der Waals surface area contributed by atoms with E-state index in [1.165, 1.54) is 22.4 Å². The molecule has 3 rings (SSSR count). The van der Waals surface area contributed by atoms with Crippen molar-refractivity contribution >= 4 is 22.9 Å². The number of halogens is 1. The van der Waals surface area contributed by atoms with Crippen molar-refractivity contribution in [2.75, 3.05) is 6.54 Å². The predicted molar refractivity (Wildman–Crippen MR) is 83.1 cm³/mol. The van der Waals surface area contributed by atoms with Gasteiger partial charge in [-0.05, 0) is 48.6 Å². The molecule has 19 heavy (non-hydrogen) atoms. The maximum absolute atomic E-state index is 6.04. The summed E-state index contributed by atoms with van der Waals surface area (Å²) in [4.78, 5) is 1.39. The molecule has 3 heteroatoms. The van der Waals surface area contributed by atoms with Gasteiger partial charge in [0, 0.05) is 10.9 Å². The Morgan fingerprint density at radius 2 is 2.11 bits per heavy atom. The van der Waals surface area contributed by atoms with Crippen molar-refractivity contribution in [3.63, 3.8) is 0 Å². The molecular weight excluding hydrogens is 274 g/mol. The lowest BCUT2D eigenvalue weighted by molar-refractivity contribution is 0.396. The first kappa shape index (κ1) is 13.2. The van der Waals surface area contributed by atoms with Gasteiger partial charge in [-0.15, -0.1) is 11.3 Å². The van der Waals surface area contributed by atoms with Crippen molar-refractivity contribution < 1.29 is 0 Å². The van der Waals surface area contributed by atoms with Gasteiger partial charge in [-0.25, -0.2) is 0 Å². The standard InChI is InChI=1S/C16H18ClNS/c1-2-18-16-12(10-13-7-8-15(17)19-13)9-11-5-3-4-6-14(11)16/h3-8,12,16,18H,2,9-10H2,1H3. The van der Waals surface area contributed by atoms with Gasteiger partial charge in [0.2, 0.25) is 0 Å². The predicted octanol–water partition coefficient (Wildman–Crippen LogP) is 4.47. The molecule has 1 N–H and O–H groups in total. The molecule has 100 valence electrons. The Morgan fingerprint density at radius 3 is 2.84 bits per heavy atom. The topological polar surface area (TPSA) is 12.0 Å². The Hall–Kier alpha value is -0.830. The molecule has 1 aliphatic carbocycles. The maximum Gasteiger partial charge on any atom is 0.0931 e. The molecule has 0 amide bonds. The summed E-state index contributed by atoms with van der Waals surface area (Å²) in [6.07, 6.45) is 2.28. The Morgan fingerprint density at radius 1 is 1.26 bits per heavy atom. The summed E-state index contributed by atoms with van der Waals surface area (Å²) >= 11 is 7.75. The highest BCUT2D eigenvalue weighted by atomic mass is 35.5. The molecule has 1 aromatic carbocycles. The van der Waals surface area contributed by atoms with Crippen LogP contribution in [-0.2, 0) is 12.8 Å². The van der Waals surface area contributed by atoms with E-state index >= 15 is 0 Å². The SMILES string of the molecule is CCNC1c2ccccc2CC1Cc1ccc(Cl)s1. The average molecular weight is 292 g/mol. The molecule has 0 bridgehead atoms. The van der Waals surface area contributed by atoms with Crippen LogP contribution in [0.1, 0.15) is 29.0 Å². The number of benzene rings is 1. The minimum absolute atomic E-state index is 0.488. The van der Waals surface area contributed by atoms with Gasteiger partial charge in [-0.2, -0.15) is 0 Å². The lowest BCUT2D eigenvalue weighted by Crippen LogP contribution is -2.26. The third kappa shape index (κ3) is 2.71. The van der Waals surface area contributed by atoms with Gasteiger partial charge in [0.05, 0.1) is 4.34 Å². The highest BCUT2D eigenvalue weighted by molar-refractivity contribution is 7.16. The van der Waals surface area contributed by atoms with E-state index in [1.807, 2.05) is 6.07 Å². The summed E-state index contributed by atoms with van der Waals surface area (Å²) < 4.78 is 0.894. The first-order valence-corrected chi connectivity index (χ1v) is 8.02. The van der Waals surface area contributed by atoms with Crippen LogP contribution in [0.3, 0.4) is 0 Å². The van der Waals surface area contributed by atoms with E-state index in [9.17, 15) is 0 Å². The third-order valence-corrected chi connectivity index (χ3v) is 5.11. The molecule has 1 aliphatic rings. The van der Waals surface area contributed by atoms with Crippen LogP contribution in [-0.4, -0.2) is 6.54 Å². The van der Waals surface area contributed by atoms with E-state index in [0.29, 0.717) is 12.0 Å². The number of hydrogen-bond acceptors (Lipinski definition) is 2. The smallest absolute Gasteiger partial charge is 0.0931 e. The molecule has 0 aliphatic heterocycles. The molecule has 0 fully saturated rings. The van der Waals surface area contributed by atoms with Crippen LogP contribution in [0.15, 0.2) is 36.4 Å². The fourth-order valence-electron chi connectivity index (χ4n) is 3.08. The van der Waals surface area contributed by atoms with E-state index in [1.54, 1.807) is 11.3 Å². The van der Waals surface area contributed by atoms with Gasteiger partial charge >= 0.3 is 0 Å². The lowest BCUT2D eigenvalue weighted by atomic mass is 9.96. The second-order valence-corrected chi connectivity index (χ2v) is 6.91. The highest BCUT2D eigenvalue weighted by Crippen LogP contribution is 2.39. The van der Waals surface area contributed by atoms with Crippen LogP contribution < -0.4 is 5.32 Å². The molecule has 2 aromatic rings. The fraction of sp³-hybridized carbons (Fsp3) is 0.375. The van der Waals surface area contributed by atoms with E-state index in [2.05, 4.69) is 42.6 Å². The molecule has 1 heterocycles. The number of fused-ring (bicyclic) bond motifs is 1. The van der Waals surface area contributed by atoms with Crippen molar-refractivity contribution in [1.82, 2.24) is 5.32 Å². The van der Waals surface area contributed by atoms with Crippen molar-refractivity contribution in [3.05, 3.63) is 56.7 Å². The maximum atomic E-state index is 6.04. The summed E-state index contributed by atoms with van der Waals surface area (Å²) in [5, 5.41) is 3.65. The zero-order valence-corrected chi connectivity index (χ0v) is 12.6. The Labute approximate surface area is 123 Å². The summed E-state index contributed by atoms with van der Waals surface area (Å²) in [6.45, 7) is 3.20. The lowest BCUT2D eigenvalue weighted by Gasteiger charge is -2.20. The van der Waals surface area contributed by atoms with E-state index in [0.717, 1.165) is 17.3 Å². The summed E-state index contributed by atoms with van der Waals surface area (Å²) in [5.74, 6) is 0.645. The zero-order chi connectivity index (χ0) is 13.2. The number of rotatable bonds is 4. The van der Waals surface area contributed by atoms with Crippen molar-refractivity contribution in [1.29, 1.82) is 0 Å². The van der Waals surface area contributed by atoms with Crippen molar-refractivity contribution in [2.45, 2.75) is 25.8 Å². The van der Waals surface area contributed by atoms with Gasteiger partial charge in [0.25, 0.3) is 0 Å². The van der Waals surface area contributed by atoms with Gasteiger partial charge in [-0.1, -0.05) is 42.8 Å². The molecule has 0 saturated heterocycles. The largest absolute Gasteiger partial charge is 0.310 e. The van der Waals surface area contributed by atoms with E-state index < -0.39 is 0 Å². The molecule has 1 aromatic heterocycles. The first-order valence-electron chi connectivity index (χ1n) is 6.83. The van der Waals surface area contributed by atoms with Crippen LogP contribution >= 0.6 is 22.9 Å². The van der Waals surface area contributed by atoms with Gasteiger partial charge in [0.15, 0.2) is 0 Å². The Bertz CT molecular complexity index is 563. The molecule has 2 unspecified atom stereocenters. The minimum atomic E-state index is 0.488. The number of thiophene rings is 1. The van der Waals surface area contributed by atoms with Crippen LogP contribution in [0.2, 0.25) is 4.34 Å². The third-order valence-electron chi connectivity index (χ3n) is 3.86. The number of nitrogens with one attached hydrogen (secondary N) is 1. The molecular formula is C16H18ClNS. The molecule has 2 atom stereocenters. The Balaban J connectivity index is 1.82. The Kier molecular flexibility index (Phi) is 3.92. The van der Waals surface area contributed by atoms with Gasteiger partial charge < -0.3 is 5.32 Å². The normalized spacial score (nSPS) is 21.6. The minimum Gasteiger partial charge on any atom is -0.310 e. The van der Waals surface area contributed by atoms with Crippen molar-refractivity contribution in [3.8, 4) is 0 Å². The van der Waals surface area contributed by atoms with Crippen molar-refractivity contribution in [2.24, 2.45) is 5.92 Å². The molecule has 0 radical (unpaired) electrons. The van der Waals surface area contributed by atoms with E-state index in [4.69, 9.17) is 11.6 Å². The van der Waals surface area contributed by atoms with Gasteiger partial charge in [-0.3, -0.25) is 0 Å². The second-order valence-electron chi connectivity index (χ2n) is 5.11. The summed E-state index contributed by atoms with van der Waals surface area (Å²) in [7, 11) is 0. The highest BCUT2D eigenvalue weighted by Gasteiger charge is 2.31. The van der Waals surface area contributed by atoms with Crippen LogP contribution in [0.5, 0.6) is 0 Å². The van der Waals surface area contributed by atoms with Crippen LogP contribution in [0.25, 0.3) is 0 Å². The molecule has 1 nitrogen and oxygen atoms in total. The first-order chi connectivity index (χ1) is 9.28. The zero-order valence-electron chi connectivity index (χ0n) is 11.0. The van der Waals surface area contributed by atoms with E-state index in [-0.39, 0.29) is 0 Å². The summed E-state index contributed by atoms with van der Waals surface area (Å²) in [5.41, 5.74) is 2.98. The molecule has 0 saturated carbocycles. The van der Waals surface area contributed by atoms with Gasteiger partial charge in [0.1, 0.15) is 0 Å². The number of hydrogen-bond donors (Lipinski definition) is 1. The average Bonchev–Trinajstić information content (AvgIpc) is 2.96. The quantitative estimate of drug-likeness (QED) is 0.876. The fourth-order valence-corrected chi connectivity index (χ4v) is 4.26. The monoisotopic (exact) mass is 291 g/mol.